The number of ketones is 3. The Morgan fingerprint density at radius 1 is 0.662 bits per heavy atom. The van der Waals surface area contributed by atoms with Crippen LogP contribution in [0.1, 0.15) is 177 Å². The van der Waals surface area contributed by atoms with E-state index in [1.807, 2.05) is 41.5 Å². The average molecular weight is 962 g/mol. The number of aromatic nitrogens is 8. The number of Topliss-reactive ketones (excluding diaryl/α,β-unsaturated/α-hetero) is 3. The minimum atomic E-state index is -2.79. The number of carbonyl (C=O) groups excluding carboxylic acids is 3. The first-order valence-electron chi connectivity index (χ1n) is 21.5. The lowest BCUT2D eigenvalue weighted by atomic mass is 9.91. The summed E-state index contributed by atoms with van der Waals surface area (Å²) < 4.78 is 33.6. The van der Waals surface area contributed by atoms with Crippen molar-refractivity contribution < 1.29 is 32.3 Å². The molecule has 2 aromatic rings. The molecular weight excluding hydrogens is 870 g/mol. The van der Waals surface area contributed by atoms with Crippen molar-refractivity contribution in [1.29, 1.82) is 0 Å². The predicted molar refractivity (Wildman–Crippen MR) is 265 cm³/mol. The summed E-state index contributed by atoms with van der Waals surface area (Å²) in [5.41, 5.74) is 0.591. The molecule has 0 aliphatic carbocycles. The molecule has 3 rings (SSSR count). The molecule has 1 unspecified atom stereocenters. The molecule has 380 valence electrons. The van der Waals surface area contributed by atoms with Gasteiger partial charge in [0.25, 0.3) is 0 Å². The molecule has 65 heavy (non-hydrogen) atoms. The number of azo groups is 1. The molecule has 1 aliphatic rings. The van der Waals surface area contributed by atoms with Crippen molar-refractivity contribution in [3.63, 3.8) is 0 Å². The van der Waals surface area contributed by atoms with E-state index in [2.05, 4.69) is 129 Å². The van der Waals surface area contributed by atoms with Gasteiger partial charge in [-0.25, -0.2) is 18.1 Å². The van der Waals surface area contributed by atoms with Gasteiger partial charge in [-0.3, -0.25) is 14.2 Å². The number of amidine groups is 1. The van der Waals surface area contributed by atoms with Gasteiger partial charge in [0.05, 0.1) is 5.75 Å². The first kappa shape index (κ1) is 68.1. The Hall–Kier alpha value is -3.44. The number of hydrogen-bond donors (Lipinski definition) is 1. The van der Waals surface area contributed by atoms with E-state index in [1.165, 1.54) is 31.6 Å². The topological polar surface area (TPSA) is 247 Å². The van der Waals surface area contributed by atoms with E-state index >= 15 is 0 Å². The standard InChI is InChI=1S/2C9H16N4O.C7H13N3.C7H14O.C6H15O2P.C6H14O2S.CH4/c1-7(14)6-13-8(10-11-12-13)5-9(2,3)4;1-7(14)6-13-11-8(10-12-13)5-9(2,3)4;1-7(2,3)4-6-8-5-9-10-6;1-6(8)5-7(2,3)4;2*1-6(2,3)5-9(4,7)8;/h2*5-6H2,1-4H3;4-5H2,1-3H3;5H2,1-4H3;5H2,1-4H3,(H,7,8);5H2,1-4H3;1H4. The zero-order valence-corrected chi connectivity index (χ0v) is 45.7. The fraction of sp³-hybridized carbons (Fsp3) is 0.867. The first-order valence-corrected chi connectivity index (χ1v) is 25.9. The number of carbonyl (C=O) groups is 3. The normalized spacial score (nSPS) is 13.8. The van der Waals surface area contributed by atoms with E-state index in [0.717, 1.165) is 30.9 Å². The second-order valence-electron chi connectivity index (χ2n) is 23.9. The minimum absolute atomic E-state index is 0. The summed E-state index contributed by atoms with van der Waals surface area (Å²) in [6.07, 6.45) is 4.82. The molecule has 3 heterocycles. The smallest absolute Gasteiger partial charge is 0.198 e. The van der Waals surface area contributed by atoms with Gasteiger partial charge in [-0.2, -0.15) is 9.91 Å². The van der Waals surface area contributed by atoms with Crippen LogP contribution in [0.25, 0.3) is 0 Å². The Labute approximate surface area is 394 Å². The predicted octanol–water partition coefficient (Wildman–Crippen LogP) is 9.60. The maximum Gasteiger partial charge on any atom is 0.198 e. The van der Waals surface area contributed by atoms with Crippen LogP contribution in [0.3, 0.4) is 0 Å². The van der Waals surface area contributed by atoms with Crippen molar-refractivity contribution in [2.75, 3.05) is 31.5 Å². The number of hydrogen-bond acceptors (Lipinski definition) is 15. The number of nitrogens with zero attached hydrogens (tertiary/aromatic N) is 11. The highest BCUT2D eigenvalue weighted by molar-refractivity contribution is 7.90. The van der Waals surface area contributed by atoms with Crippen LogP contribution in [0.4, 0.5) is 0 Å². The summed E-state index contributed by atoms with van der Waals surface area (Å²) in [4.78, 5) is 46.5. The molecule has 0 bridgehead atoms. The lowest BCUT2D eigenvalue weighted by molar-refractivity contribution is -0.119. The number of rotatable bonds is 10. The van der Waals surface area contributed by atoms with Crippen molar-refractivity contribution >= 4 is 40.4 Å². The first-order chi connectivity index (χ1) is 28.2. The number of tetrazole rings is 2. The molecule has 0 amide bonds. The lowest BCUT2D eigenvalue weighted by Crippen LogP contribution is -2.19. The molecule has 0 saturated heterocycles. The fourth-order valence-corrected chi connectivity index (χ4v) is 8.82. The summed E-state index contributed by atoms with van der Waals surface area (Å²) in [6, 6.07) is 0. The van der Waals surface area contributed by atoms with Crippen LogP contribution in [0.2, 0.25) is 0 Å². The largest absolute Gasteiger partial charge is 0.344 e. The van der Waals surface area contributed by atoms with Gasteiger partial charge in [0, 0.05) is 44.8 Å². The SMILES string of the molecule is C.CC(=O)CC(C)(C)C.CC(=O)Cn1nnc(CC(C)(C)C)n1.CC(=O)Cn1nnnc1CC(C)(C)C.CC(C)(C)CC1=NCN=N1.CC(C)(C)CP(C)(=O)O.CC(C)(C)CS(C)(=O)=O. The Morgan fingerprint density at radius 3 is 1.42 bits per heavy atom. The number of sulfone groups is 1. The van der Waals surface area contributed by atoms with Crippen LogP contribution in [0.5, 0.6) is 0 Å². The molecule has 20 heteroatoms. The van der Waals surface area contributed by atoms with Gasteiger partial charge in [-0.15, -0.1) is 20.4 Å². The minimum Gasteiger partial charge on any atom is -0.344 e. The third-order valence-electron chi connectivity index (χ3n) is 6.65. The van der Waals surface area contributed by atoms with Crippen LogP contribution in [-0.4, -0.2) is 108 Å². The van der Waals surface area contributed by atoms with Gasteiger partial charge in [0.15, 0.2) is 37.3 Å². The summed E-state index contributed by atoms with van der Waals surface area (Å²) in [6.45, 7) is 44.0. The highest BCUT2D eigenvalue weighted by Crippen LogP contribution is 2.41. The van der Waals surface area contributed by atoms with E-state index in [0.29, 0.717) is 25.1 Å². The second kappa shape index (κ2) is 28.7. The third kappa shape index (κ3) is 53.1. The Morgan fingerprint density at radius 2 is 1.14 bits per heavy atom. The lowest BCUT2D eigenvalue weighted by Gasteiger charge is -2.19. The maximum atomic E-state index is 10.9. The van der Waals surface area contributed by atoms with Gasteiger partial charge in [-0.05, 0) is 68.9 Å². The highest BCUT2D eigenvalue weighted by Gasteiger charge is 2.21. The Kier molecular flexibility index (Phi) is 30.1. The molecule has 0 fully saturated rings. The van der Waals surface area contributed by atoms with Crippen LogP contribution in [0.15, 0.2) is 15.2 Å². The van der Waals surface area contributed by atoms with E-state index < -0.39 is 17.2 Å². The van der Waals surface area contributed by atoms with E-state index in [1.54, 1.807) is 11.6 Å². The van der Waals surface area contributed by atoms with Gasteiger partial charge in [0.2, 0.25) is 0 Å². The van der Waals surface area contributed by atoms with Crippen LogP contribution < -0.4 is 0 Å². The molecule has 18 nitrogen and oxygen atoms in total. The summed E-state index contributed by atoms with van der Waals surface area (Å²) in [5, 5.41) is 30.7. The molecule has 0 saturated carbocycles. The van der Waals surface area contributed by atoms with Gasteiger partial charge in [0.1, 0.15) is 34.5 Å². The van der Waals surface area contributed by atoms with Gasteiger partial charge in [-0.1, -0.05) is 132 Å². The third-order valence-corrected chi connectivity index (χ3v) is 9.57. The Balaban J connectivity index is -0.000000348. The summed E-state index contributed by atoms with van der Waals surface area (Å²) >= 11 is 0. The second-order valence-corrected chi connectivity index (χ2v) is 28.5. The molecule has 1 N–H and O–H groups in total. The average Bonchev–Trinajstić information content (AvgIpc) is 3.70. The zero-order valence-electron chi connectivity index (χ0n) is 44.0. The molecule has 0 aromatic carbocycles. The van der Waals surface area contributed by atoms with Crippen molar-refractivity contribution in [1.82, 2.24) is 40.4 Å². The van der Waals surface area contributed by atoms with Crippen molar-refractivity contribution in [3.05, 3.63) is 11.6 Å². The van der Waals surface area contributed by atoms with Crippen molar-refractivity contribution in [2.24, 2.45) is 47.7 Å². The monoisotopic (exact) mass is 962 g/mol. The molecule has 1 atom stereocenters. The molecular formula is C45H92N11O7PS. The van der Waals surface area contributed by atoms with E-state index in [4.69, 9.17) is 4.89 Å². The van der Waals surface area contributed by atoms with Crippen LogP contribution in [-0.2, 0) is 54.7 Å². The molecule has 2 aromatic heterocycles. The summed E-state index contributed by atoms with van der Waals surface area (Å²) in [7, 11) is -5.57. The Bertz CT molecular complexity index is 1920. The number of aliphatic imine (C=N–C) groups is 1. The van der Waals surface area contributed by atoms with E-state index in [-0.39, 0.29) is 76.1 Å². The van der Waals surface area contributed by atoms with Crippen molar-refractivity contribution in [3.8, 4) is 0 Å². The molecule has 0 radical (unpaired) electrons. The quantitative estimate of drug-likeness (QED) is 0.218. The summed E-state index contributed by atoms with van der Waals surface area (Å²) in [5.74, 6) is 2.99. The fourth-order valence-electron chi connectivity index (χ4n) is 5.48. The molecule has 0 spiro atoms. The maximum absolute atomic E-state index is 10.9. The zero-order chi connectivity index (χ0) is 51.3. The molecule has 1 aliphatic heterocycles. The van der Waals surface area contributed by atoms with Gasteiger partial charge < -0.3 is 9.69 Å². The van der Waals surface area contributed by atoms with Crippen LogP contribution >= 0.6 is 7.37 Å². The highest BCUT2D eigenvalue weighted by atomic mass is 32.2. The van der Waals surface area contributed by atoms with Gasteiger partial charge >= 0.3 is 0 Å². The van der Waals surface area contributed by atoms with E-state index in [9.17, 15) is 27.4 Å². The van der Waals surface area contributed by atoms with Crippen molar-refractivity contribution in [2.45, 2.75) is 192 Å². The van der Waals surface area contributed by atoms with Crippen LogP contribution in [0, 0.1) is 32.5 Å².